The molecule has 4 nitrogen and oxygen atoms in total. The molecule has 3 N–H and O–H groups in total. The number of nitrogens with zero attached hydrogens (tertiary/aromatic N) is 1. The molecule has 2 unspecified atom stereocenters. The van der Waals surface area contributed by atoms with Gasteiger partial charge in [-0.1, -0.05) is 13.0 Å². The van der Waals surface area contributed by atoms with Gasteiger partial charge in [0.1, 0.15) is 5.82 Å². The highest BCUT2D eigenvalue weighted by Gasteiger charge is 2.26. The monoisotopic (exact) mass is 249 g/mol. The van der Waals surface area contributed by atoms with E-state index in [1.54, 1.807) is 6.20 Å². The average Bonchev–Trinajstić information content (AvgIpc) is 2.90. The number of ether oxygens (including phenoxy) is 1. The van der Waals surface area contributed by atoms with E-state index < -0.39 is 0 Å². The number of aromatic nitrogens is 1. The molecule has 0 bridgehead atoms. The fourth-order valence-corrected chi connectivity index (χ4v) is 2.45. The van der Waals surface area contributed by atoms with Crippen LogP contribution in [0.15, 0.2) is 18.3 Å². The number of rotatable bonds is 6. The first-order valence-corrected chi connectivity index (χ1v) is 6.85. The zero-order valence-electron chi connectivity index (χ0n) is 11.1. The number of nitrogen functional groups attached to an aromatic ring is 1. The van der Waals surface area contributed by atoms with Gasteiger partial charge in [0.25, 0.3) is 0 Å². The maximum Gasteiger partial charge on any atom is 0.126 e. The molecule has 1 aromatic rings. The summed E-state index contributed by atoms with van der Waals surface area (Å²) in [4.78, 5) is 4.15. The minimum Gasteiger partial charge on any atom is -0.383 e. The van der Waals surface area contributed by atoms with Crippen molar-refractivity contribution in [3.63, 3.8) is 0 Å². The molecule has 18 heavy (non-hydrogen) atoms. The molecule has 0 aromatic carbocycles. The summed E-state index contributed by atoms with van der Waals surface area (Å²) >= 11 is 0. The summed E-state index contributed by atoms with van der Waals surface area (Å²) in [7, 11) is 0. The molecule has 4 heteroatoms. The molecular formula is C14H23N3O. The van der Waals surface area contributed by atoms with Crippen molar-refractivity contribution in [1.82, 2.24) is 10.3 Å². The Kier molecular flexibility index (Phi) is 4.96. The minimum absolute atomic E-state index is 0.316. The van der Waals surface area contributed by atoms with Gasteiger partial charge in [-0.15, -0.1) is 0 Å². The Balaban J connectivity index is 2.02. The second-order valence-corrected chi connectivity index (χ2v) is 4.86. The van der Waals surface area contributed by atoms with Gasteiger partial charge in [0.15, 0.2) is 0 Å². The third-order valence-electron chi connectivity index (χ3n) is 3.44. The number of hydrogen-bond donors (Lipinski definition) is 2. The normalized spacial score (nSPS) is 21.1. The lowest BCUT2D eigenvalue weighted by Crippen LogP contribution is -2.41. The van der Waals surface area contributed by atoms with Gasteiger partial charge in [-0.05, 0) is 43.9 Å². The van der Waals surface area contributed by atoms with Crippen LogP contribution in [0.3, 0.4) is 0 Å². The summed E-state index contributed by atoms with van der Waals surface area (Å²) in [5.74, 6) is 0.638. The summed E-state index contributed by atoms with van der Waals surface area (Å²) in [5.41, 5.74) is 7.03. The van der Waals surface area contributed by atoms with E-state index in [1.807, 2.05) is 6.07 Å². The van der Waals surface area contributed by atoms with Gasteiger partial charge in [-0.25, -0.2) is 4.98 Å². The Bertz CT molecular complexity index is 364. The van der Waals surface area contributed by atoms with E-state index in [0.717, 1.165) is 44.4 Å². The van der Waals surface area contributed by atoms with Crippen molar-refractivity contribution in [2.75, 3.05) is 18.9 Å². The van der Waals surface area contributed by atoms with E-state index in [2.05, 4.69) is 23.3 Å². The maximum atomic E-state index is 5.92. The Morgan fingerprint density at radius 3 is 3.17 bits per heavy atom. The van der Waals surface area contributed by atoms with E-state index in [9.17, 15) is 0 Å². The lowest BCUT2D eigenvalue weighted by atomic mass is 9.99. The van der Waals surface area contributed by atoms with Crippen LogP contribution in [0.1, 0.15) is 31.7 Å². The van der Waals surface area contributed by atoms with Crippen LogP contribution < -0.4 is 11.1 Å². The highest BCUT2D eigenvalue weighted by Crippen LogP contribution is 2.20. The van der Waals surface area contributed by atoms with Crippen LogP contribution in [-0.4, -0.2) is 30.3 Å². The first-order valence-electron chi connectivity index (χ1n) is 6.85. The lowest BCUT2D eigenvalue weighted by Gasteiger charge is -2.24. The van der Waals surface area contributed by atoms with Crippen LogP contribution in [0.4, 0.5) is 5.82 Å². The highest BCUT2D eigenvalue weighted by atomic mass is 16.5. The summed E-state index contributed by atoms with van der Waals surface area (Å²) in [6.45, 7) is 4.08. The molecule has 2 heterocycles. The molecule has 0 amide bonds. The zero-order valence-corrected chi connectivity index (χ0v) is 11.1. The number of nitrogens with two attached hydrogens (primary N) is 1. The van der Waals surface area contributed by atoms with Gasteiger partial charge in [0, 0.05) is 18.8 Å². The van der Waals surface area contributed by atoms with Crippen LogP contribution in [0.2, 0.25) is 0 Å². The van der Waals surface area contributed by atoms with Gasteiger partial charge in [0.2, 0.25) is 0 Å². The summed E-state index contributed by atoms with van der Waals surface area (Å²) in [6, 6.07) is 4.34. The van der Waals surface area contributed by atoms with E-state index >= 15 is 0 Å². The second-order valence-electron chi connectivity index (χ2n) is 4.86. The molecular weight excluding hydrogens is 226 g/mol. The molecule has 0 aliphatic carbocycles. The number of nitrogens with one attached hydrogen (secondary N) is 1. The molecule has 2 rings (SSSR count). The number of hydrogen-bond acceptors (Lipinski definition) is 4. The molecule has 2 atom stereocenters. The number of pyridine rings is 1. The van der Waals surface area contributed by atoms with Gasteiger partial charge in [0.05, 0.1) is 6.10 Å². The van der Waals surface area contributed by atoms with Crippen molar-refractivity contribution in [3.8, 4) is 0 Å². The summed E-state index contributed by atoms with van der Waals surface area (Å²) in [5, 5.41) is 3.58. The van der Waals surface area contributed by atoms with Crippen molar-refractivity contribution in [2.45, 2.75) is 44.8 Å². The first kappa shape index (κ1) is 13.3. The Morgan fingerprint density at radius 1 is 1.61 bits per heavy atom. The Hall–Kier alpha value is -1.13. The summed E-state index contributed by atoms with van der Waals surface area (Å²) < 4.78 is 5.80. The molecule has 0 radical (unpaired) electrons. The van der Waals surface area contributed by atoms with Gasteiger partial charge < -0.3 is 15.8 Å². The predicted molar refractivity (Wildman–Crippen MR) is 73.4 cm³/mol. The zero-order chi connectivity index (χ0) is 12.8. The fraction of sp³-hybridized carbons (Fsp3) is 0.643. The average molecular weight is 249 g/mol. The van der Waals surface area contributed by atoms with E-state index in [-0.39, 0.29) is 0 Å². The number of anilines is 1. The van der Waals surface area contributed by atoms with Crippen LogP contribution in [0, 0.1) is 0 Å². The topological polar surface area (TPSA) is 60.2 Å². The smallest absolute Gasteiger partial charge is 0.126 e. The molecule has 1 fully saturated rings. The predicted octanol–water partition coefficient (Wildman–Crippen LogP) is 1.75. The standard InChI is InChI=1S/C14H23N3O/c1-2-7-16-12(13-6-4-9-18-13)10-11-5-3-8-17-14(11)15/h3,5,8,12-13,16H,2,4,6-7,9-10H2,1H3,(H2,15,17). The van der Waals surface area contributed by atoms with E-state index in [4.69, 9.17) is 10.5 Å². The van der Waals surface area contributed by atoms with Gasteiger partial charge in [-0.2, -0.15) is 0 Å². The molecule has 0 spiro atoms. The Labute approximate surface area is 109 Å². The van der Waals surface area contributed by atoms with Crippen molar-refractivity contribution in [3.05, 3.63) is 23.9 Å². The van der Waals surface area contributed by atoms with Gasteiger partial charge >= 0.3 is 0 Å². The van der Waals surface area contributed by atoms with Crippen molar-refractivity contribution in [2.24, 2.45) is 0 Å². The van der Waals surface area contributed by atoms with Crippen LogP contribution in [0.5, 0.6) is 0 Å². The fourth-order valence-electron chi connectivity index (χ4n) is 2.45. The largest absolute Gasteiger partial charge is 0.383 e. The summed E-state index contributed by atoms with van der Waals surface area (Å²) in [6.07, 6.45) is 6.38. The second kappa shape index (κ2) is 6.71. The molecule has 1 aromatic heterocycles. The third-order valence-corrected chi connectivity index (χ3v) is 3.44. The van der Waals surface area contributed by atoms with Crippen molar-refractivity contribution < 1.29 is 4.74 Å². The highest BCUT2D eigenvalue weighted by molar-refractivity contribution is 5.39. The SMILES string of the molecule is CCCNC(Cc1cccnc1N)C1CCCO1. The quantitative estimate of drug-likeness (QED) is 0.806. The maximum absolute atomic E-state index is 5.92. The van der Waals surface area contributed by atoms with Gasteiger partial charge in [-0.3, -0.25) is 0 Å². The minimum atomic E-state index is 0.316. The lowest BCUT2D eigenvalue weighted by molar-refractivity contribution is 0.0784. The Morgan fingerprint density at radius 2 is 2.50 bits per heavy atom. The molecule has 1 aliphatic heterocycles. The van der Waals surface area contributed by atoms with Crippen molar-refractivity contribution >= 4 is 5.82 Å². The molecule has 1 saturated heterocycles. The molecule has 0 saturated carbocycles. The van der Waals surface area contributed by atoms with Crippen LogP contribution >= 0.6 is 0 Å². The molecule has 1 aliphatic rings. The third kappa shape index (κ3) is 3.43. The molecule has 100 valence electrons. The van der Waals surface area contributed by atoms with Crippen molar-refractivity contribution in [1.29, 1.82) is 0 Å². The van der Waals surface area contributed by atoms with E-state index in [1.165, 1.54) is 0 Å². The van der Waals surface area contributed by atoms with E-state index in [0.29, 0.717) is 18.0 Å². The van der Waals surface area contributed by atoms with Crippen LogP contribution in [0.25, 0.3) is 0 Å². The van der Waals surface area contributed by atoms with Crippen LogP contribution in [-0.2, 0) is 11.2 Å². The first-order chi connectivity index (χ1) is 8.81.